The molecule has 25 heavy (non-hydrogen) atoms. The molecule has 0 saturated heterocycles. The maximum Gasteiger partial charge on any atom is 0.331 e. The number of aromatic amines is 1. The Labute approximate surface area is 146 Å². The van der Waals surface area contributed by atoms with E-state index in [1.807, 2.05) is 36.5 Å². The summed E-state index contributed by atoms with van der Waals surface area (Å²) < 4.78 is 4.95. The van der Waals surface area contributed by atoms with E-state index < -0.39 is 11.5 Å². The first kappa shape index (κ1) is 16.8. The molecule has 0 fully saturated rings. The van der Waals surface area contributed by atoms with Gasteiger partial charge in [0.25, 0.3) is 5.91 Å². The van der Waals surface area contributed by atoms with Crippen LogP contribution >= 0.6 is 0 Å². The predicted molar refractivity (Wildman–Crippen MR) is 96.3 cm³/mol. The van der Waals surface area contributed by atoms with Crippen molar-refractivity contribution >= 4 is 22.8 Å². The van der Waals surface area contributed by atoms with Gasteiger partial charge in [0.15, 0.2) is 0 Å². The highest BCUT2D eigenvalue weighted by Gasteiger charge is 2.37. The Hall–Kier alpha value is -3.08. The first-order valence-corrected chi connectivity index (χ1v) is 8.04. The molecule has 1 atom stereocenters. The summed E-state index contributed by atoms with van der Waals surface area (Å²) in [4.78, 5) is 28.1. The Kier molecular flexibility index (Phi) is 4.57. The molecule has 1 heterocycles. The monoisotopic (exact) mass is 336 g/mol. The van der Waals surface area contributed by atoms with Gasteiger partial charge in [-0.05, 0) is 30.7 Å². The summed E-state index contributed by atoms with van der Waals surface area (Å²) >= 11 is 0. The lowest BCUT2D eigenvalue weighted by Gasteiger charge is -2.28. The third kappa shape index (κ3) is 3.40. The van der Waals surface area contributed by atoms with Gasteiger partial charge < -0.3 is 15.0 Å². The van der Waals surface area contributed by atoms with E-state index in [0.29, 0.717) is 12.0 Å². The number of rotatable bonds is 5. The summed E-state index contributed by atoms with van der Waals surface area (Å²) in [5.74, 6) is -0.796. The second-order valence-electron chi connectivity index (χ2n) is 6.18. The van der Waals surface area contributed by atoms with E-state index in [9.17, 15) is 9.59 Å². The summed E-state index contributed by atoms with van der Waals surface area (Å²) in [6, 6.07) is 16.7. The van der Waals surface area contributed by atoms with E-state index in [2.05, 4.69) is 10.3 Å². The molecule has 0 unspecified atom stereocenters. The average molecular weight is 336 g/mol. The van der Waals surface area contributed by atoms with Gasteiger partial charge in [-0.25, -0.2) is 4.79 Å². The zero-order valence-electron chi connectivity index (χ0n) is 14.2. The number of fused-ring (bicyclic) bond motifs is 1. The molecule has 0 aliphatic carbocycles. The van der Waals surface area contributed by atoms with E-state index >= 15 is 0 Å². The highest BCUT2D eigenvalue weighted by molar-refractivity contribution is 5.98. The van der Waals surface area contributed by atoms with Crippen molar-refractivity contribution in [2.75, 3.05) is 7.11 Å². The molecule has 0 bridgehead atoms. The van der Waals surface area contributed by atoms with Crippen LogP contribution in [-0.4, -0.2) is 29.5 Å². The van der Waals surface area contributed by atoms with E-state index in [-0.39, 0.29) is 5.91 Å². The molecule has 0 radical (unpaired) electrons. The lowest BCUT2D eigenvalue weighted by Crippen LogP contribution is -2.54. The standard InChI is InChI=1S/C20H20N2O3/c1-20(19(24)25-2,22-18(23)14-8-4-3-5-9-14)12-15-13-21-17-11-7-6-10-16(15)17/h3-11,13,21H,12H2,1-2H3,(H,22,23)/t20-/m0/s1. The number of amides is 1. The maximum atomic E-state index is 12.5. The van der Waals surface area contributed by atoms with Crippen LogP contribution in [0.5, 0.6) is 0 Å². The lowest BCUT2D eigenvalue weighted by atomic mass is 9.92. The molecule has 2 aromatic carbocycles. The van der Waals surface area contributed by atoms with E-state index in [1.165, 1.54) is 7.11 Å². The Morgan fingerprint density at radius 2 is 1.76 bits per heavy atom. The Bertz CT molecular complexity index is 901. The number of hydrogen-bond donors (Lipinski definition) is 2. The van der Waals surface area contributed by atoms with Crippen molar-refractivity contribution in [3.05, 3.63) is 71.9 Å². The number of ether oxygens (including phenoxy) is 1. The summed E-state index contributed by atoms with van der Waals surface area (Å²) in [6.07, 6.45) is 2.18. The van der Waals surface area contributed by atoms with Gasteiger partial charge >= 0.3 is 5.97 Å². The van der Waals surface area contributed by atoms with Gasteiger partial charge in [0.2, 0.25) is 0 Å². The van der Waals surface area contributed by atoms with E-state index in [4.69, 9.17) is 4.74 Å². The second kappa shape index (κ2) is 6.81. The van der Waals surface area contributed by atoms with Gasteiger partial charge in [-0.15, -0.1) is 0 Å². The number of hydrogen-bond acceptors (Lipinski definition) is 3. The number of carbonyl (C=O) groups excluding carboxylic acids is 2. The largest absolute Gasteiger partial charge is 0.467 e. The van der Waals surface area contributed by atoms with Crippen LogP contribution in [0.4, 0.5) is 0 Å². The second-order valence-corrected chi connectivity index (χ2v) is 6.18. The minimum Gasteiger partial charge on any atom is -0.467 e. The van der Waals surface area contributed by atoms with Crippen LogP contribution in [0.1, 0.15) is 22.8 Å². The Morgan fingerprint density at radius 1 is 1.08 bits per heavy atom. The normalized spacial score (nSPS) is 13.2. The van der Waals surface area contributed by atoms with Gasteiger partial charge in [-0.3, -0.25) is 4.79 Å². The topological polar surface area (TPSA) is 71.2 Å². The molecule has 3 aromatic rings. The molecule has 0 saturated carbocycles. The fraction of sp³-hybridized carbons (Fsp3) is 0.200. The summed E-state index contributed by atoms with van der Waals surface area (Å²) in [5, 5.41) is 3.86. The van der Waals surface area contributed by atoms with Crippen LogP contribution in [0, 0.1) is 0 Å². The predicted octanol–water partition coefficient (Wildman–Crippen LogP) is 3.07. The number of methoxy groups -OCH3 is 1. The third-order valence-corrected chi connectivity index (χ3v) is 4.28. The average Bonchev–Trinajstić information content (AvgIpc) is 3.04. The van der Waals surface area contributed by atoms with Crippen LogP contribution in [0.3, 0.4) is 0 Å². The number of esters is 1. The van der Waals surface area contributed by atoms with Crippen LogP contribution in [0.15, 0.2) is 60.8 Å². The van der Waals surface area contributed by atoms with Crippen molar-refractivity contribution in [2.24, 2.45) is 0 Å². The summed E-state index contributed by atoms with van der Waals surface area (Å²) in [7, 11) is 1.32. The minimum absolute atomic E-state index is 0.312. The number of nitrogens with one attached hydrogen (secondary N) is 2. The third-order valence-electron chi connectivity index (χ3n) is 4.28. The van der Waals surface area contributed by atoms with Gasteiger partial charge in [0.05, 0.1) is 7.11 Å². The molecule has 0 aliphatic rings. The molecule has 1 amide bonds. The number of para-hydroxylation sites is 1. The first-order valence-electron chi connectivity index (χ1n) is 8.04. The highest BCUT2D eigenvalue weighted by atomic mass is 16.5. The smallest absolute Gasteiger partial charge is 0.331 e. The molecule has 0 spiro atoms. The molecule has 0 aliphatic heterocycles. The fourth-order valence-electron chi connectivity index (χ4n) is 2.96. The van der Waals surface area contributed by atoms with Crippen molar-refractivity contribution < 1.29 is 14.3 Å². The molecule has 5 heteroatoms. The van der Waals surface area contributed by atoms with Crippen LogP contribution in [0.25, 0.3) is 10.9 Å². The Balaban J connectivity index is 1.91. The van der Waals surface area contributed by atoms with Crippen molar-refractivity contribution in [1.29, 1.82) is 0 Å². The zero-order chi connectivity index (χ0) is 17.9. The number of carbonyl (C=O) groups is 2. The van der Waals surface area contributed by atoms with E-state index in [0.717, 1.165) is 16.5 Å². The van der Waals surface area contributed by atoms with Crippen LogP contribution in [-0.2, 0) is 16.0 Å². The zero-order valence-corrected chi connectivity index (χ0v) is 14.2. The summed E-state index contributed by atoms with van der Waals surface area (Å²) in [6.45, 7) is 1.68. The SMILES string of the molecule is COC(=O)[C@](C)(Cc1c[nH]c2ccccc12)NC(=O)c1ccccc1. The van der Waals surface area contributed by atoms with Gasteiger partial charge in [0, 0.05) is 29.1 Å². The molecular weight excluding hydrogens is 316 g/mol. The molecule has 1 aromatic heterocycles. The molecule has 5 nitrogen and oxygen atoms in total. The Morgan fingerprint density at radius 3 is 2.48 bits per heavy atom. The maximum absolute atomic E-state index is 12.5. The van der Waals surface area contributed by atoms with Crippen molar-refractivity contribution in [3.63, 3.8) is 0 Å². The van der Waals surface area contributed by atoms with Gasteiger partial charge in [-0.2, -0.15) is 0 Å². The molecule has 128 valence electrons. The minimum atomic E-state index is -1.17. The molecular formula is C20H20N2O3. The summed E-state index contributed by atoms with van der Waals surface area (Å²) in [5.41, 5.74) is 1.25. The number of benzene rings is 2. The van der Waals surface area contributed by atoms with Crippen LogP contribution in [0.2, 0.25) is 0 Å². The van der Waals surface area contributed by atoms with Gasteiger partial charge in [0.1, 0.15) is 5.54 Å². The lowest BCUT2D eigenvalue weighted by molar-refractivity contribution is -0.147. The van der Waals surface area contributed by atoms with Crippen molar-refractivity contribution in [3.8, 4) is 0 Å². The first-order chi connectivity index (χ1) is 12.0. The van der Waals surface area contributed by atoms with E-state index in [1.54, 1.807) is 31.2 Å². The molecule has 2 N–H and O–H groups in total. The quantitative estimate of drug-likeness (QED) is 0.704. The number of aromatic nitrogens is 1. The van der Waals surface area contributed by atoms with Gasteiger partial charge in [-0.1, -0.05) is 36.4 Å². The molecule has 3 rings (SSSR count). The number of H-pyrrole nitrogens is 1. The highest BCUT2D eigenvalue weighted by Crippen LogP contribution is 2.23. The van der Waals surface area contributed by atoms with Crippen molar-refractivity contribution in [1.82, 2.24) is 10.3 Å². The van der Waals surface area contributed by atoms with Crippen molar-refractivity contribution in [2.45, 2.75) is 18.9 Å². The van der Waals surface area contributed by atoms with Crippen LogP contribution < -0.4 is 5.32 Å². The fourth-order valence-corrected chi connectivity index (χ4v) is 2.96.